The van der Waals surface area contributed by atoms with Crippen molar-refractivity contribution in [1.82, 2.24) is 4.90 Å². The van der Waals surface area contributed by atoms with Gasteiger partial charge in [0.15, 0.2) is 5.78 Å². The van der Waals surface area contributed by atoms with E-state index in [2.05, 4.69) is 38.7 Å². The number of likely N-dealkylation sites (N-methyl/N-ethyl adjacent to an activating group) is 1. The fourth-order valence-corrected chi connectivity index (χ4v) is 2.32. The quantitative estimate of drug-likeness (QED) is 0.726. The van der Waals surface area contributed by atoms with Crippen LogP contribution in [0.2, 0.25) is 0 Å². The third kappa shape index (κ3) is 4.46. The van der Waals surface area contributed by atoms with Gasteiger partial charge in [-0.05, 0) is 56.5 Å². The van der Waals surface area contributed by atoms with Crippen LogP contribution in [-0.2, 0) is 0 Å². The molecule has 0 aliphatic carbocycles. The minimum absolute atomic E-state index is 0.228. The molecule has 0 radical (unpaired) electrons. The molecule has 106 valence electrons. The summed E-state index contributed by atoms with van der Waals surface area (Å²) < 4.78 is 0. The van der Waals surface area contributed by atoms with Crippen molar-refractivity contribution < 1.29 is 4.79 Å². The Morgan fingerprint density at radius 1 is 1.16 bits per heavy atom. The van der Waals surface area contributed by atoms with E-state index in [0.29, 0.717) is 12.5 Å². The third-order valence-electron chi connectivity index (χ3n) is 3.87. The van der Waals surface area contributed by atoms with Crippen molar-refractivity contribution in [2.75, 3.05) is 20.1 Å². The van der Waals surface area contributed by atoms with Crippen molar-refractivity contribution in [1.29, 1.82) is 0 Å². The van der Waals surface area contributed by atoms with Crippen molar-refractivity contribution >= 4 is 5.78 Å². The number of nitrogens with zero attached hydrogens (tertiary/aromatic N) is 1. The van der Waals surface area contributed by atoms with Crippen LogP contribution < -0.4 is 0 Å². The molecule has 1 aromatic carbocycles. The molecule has 19 heavy (non-hydrogen) atoms. The van der Waals surface area contributed by atoms with Crippen molar-refractivity contribution in [3.63, 3.8) is 0 Å². The summed E-state index contributed by atoms with van der Waals surface area (Å²) in [6.07, 6.45) is 1.15. The number of hydrogen-bond donors (Lipinski definition) is 0. The molecule has 1 aromatic rings. The van der Waals surface area contributed by atoms with Crippen LogP contribution in [0.5, 0.6) is 0 Å². The summed E-state index contributed by atoms with van der Waals surface area (Å²) in [7, 11) is 2.03. The van der Waals surface area contributed by atoms with Crippen LogP contribution >= 0.6 is 0 Å². The Balaban J connectivity index is 2.76. The molecule has 0 heterocycles. The minimum Gasteiger partial charge on any atom is -0.299 e. The summed E-state index contributed by atoms with van der Waals surface area (Å²) in [5, 5.41) is 0. The first-order valence-electron chi connectivity index (χ1n) is 7.14. The fraction of sp³-hybridized carbons (Fsp3) is 0.588. The molecule has 1 atom stereocenters. The van der Waals surface area contributed by atoms with Crippen molar-refractivity contribution in [2.45, 2.75) is 41.0 Å². The summed E-state index contributed by atoms with van der Waals surface area (Å²) in [6.45, 7) is 12.1. The van der Waals surface area contributed by atoms with Gasteiger partial charge in [-0.15, -0.1) is 0 Å². The minimum atomic E-state index is 0.228. The molecule has 0 bridgehead atoms. The number of Topliss-reactive ketones (excluding diaryl/α,β-unsaturated/α-hetero) is 1. The Kier molecular flexibility index (Phi) is 5.74. The second-order valence-corrected chi connectivity index (χ2v) is 5.88. The molecule has 0 amide bonds. The monoisotopic (exact) mass is 261 g/mol. The summed E-state index contributed by atoms with van der Waals surface area (Å²) in [5.41, 5.74) is 4.41. The maximum absolute atomic E-state index is 12.4. The highest BCUT2D eigenvalue weighted by Crippen LogP contribution is 2.16. The third-order valence-corrected chi connectivity index (χ3v) is 3.87. The van der Waals surface area contributed by atoms with Crippen molar-refractivity contribution in [2.24, 2.45) is 5.92 Å². The molecule has 0 saturated carbocycles. The van der Waals surface area contributed by atoms with Gasteiger partial charge >= 0.3 is 0 Å². The molecule has 0 spiro atoms. The summed E-state index contributed by atoms with van der Waals surface area (Å²) in [5.74, 6) is 0.866. The van der Waals surface area contributed by atoms with E-state index in [-0.39, 0.29) is 5.78 Å². The van der Waals surface area contributed by atoms with Gasteiger partial charge < -0.3 is 0 Å². The maximum Gasteiger partial charge on any atom is 0.177 e. The van der Waals surface area contributed by atoms with Gasteiger partial charge in [0.2, 0.25) is 0 Å². The molecule has 2 nitrogen and oxygen atoms in total. The lowest BCUT2D eigenvalue weighted by Crippen LogP contribution is -2.30. The van der Waals surface area contributed by atoms with E-state index in [1.54, 1.807) is 0 Å². The Morgan fingerprint density at radius 3 is 2.32 bits per heavy atom. The van der Waals surface area contributed by atoms with Crippen LogP contribution in [0.4, 0.5) is 0 Å². The zero-order valence-corrected chi connectivity index (χ0v) is 13.2. The zero-order valence-electron chi connectivity index (χ0n) is 13.2. The van der Waals surface area contributed by atoms with E-state index in [0.717, 1.165) is 24.1 Å². The molecular weight excluding hydrogens is 234 g/mol. The van der Waals surface area contributed by atoms with E-state index < -0.39 is 0 Å². The molecule has 1 rings (SSSR count). The number of benzene rings is 1. The normalized spacial score (nSPS) is 12.8. The topological polar surface area (TPSA) is 20.3 Å². The highest BCUT2D eigenvalue weighted by Gasteiger charge is 2.14. The molecule has 0 aliphatic rings. The number of ketones is 1. The van der Waals surface area contributed by atoms with E-state index in [1.165, 1.54) is 11.1 Å². The molecule has 2 heteroatoms. The summed E-state index contributed by atoms with van der Waals surface area (Å²) >= 11 is 0. The maximum atomic E-state index is 12.4. The molecular formula is C17H27NO. The van der Waals surface area contributed by atoms with Gasteiger partial charge in [0.1, 0.15) is 0 Å². The number of rotatable bonds is 6. The Hall–Kier alpha value is -1.15. The number of carbonyl (C=O) groups excluding carboxylic acids is 1. The average molecular weight is 261 g/mol. The van der Waals surface area contributed by atoms with Gasteiger partial charge in [0, 0.05) is 12.1 Å². The van der Waals surface area contributed by atoms with E-state index >= 15 is 0 Å². The smallest absolute Gasteiger partial charge is 0.177 e. The largest absolute Gasteiger partial charge is 0.299 e. The highest BCUT2D eigenvalue weighted by molar-refractivity contribution is 5.99. The van der Waals surface area contributed by atoms with Crippen LogP contribution in [-0.4, -0.2) is 30.8 Å². The molecule has 0 fully saturated rings. The van der Waals surface area contributed by atoms with Crippen molar-refractivity contribution in [3.8, 4) is 0 Å². The predicted octanol–water partition coefficient (Wildman–Crippen LogP) is 3.77. The van der Waals surface area contributed by atoms with Gasteiger partial charge in [-0.2, -0.15) is 0 Å². The van der Waals surface area contributed by atoms with E-state index in [1.807, 2.05) is 20.0 Å². The standard InChI is InChI=1S/C17H27NO/c1-7-12(2)10-18(6)11-17(19)16-9-14(4)13(3)8-15(16)5/h8-9,12H,7,10-11H2,1-6H3. The van der Waals surface area contributed by atoms with Gasteiger partial charge in [-0.25, -0.2) is 0 Å². The molecule has 0 saturated heterocycles. The van der Waals surface area contributed by atoms with Gasteiger partial charge in [0.25, 0.3) is 0 Å². The first kappa shape index (κ1) is 15.9. The lowest BCUT2D eigenvalue weighted by atomic mass is 9.98. The first-order valence-corrected chi connectivity index (χ1v) is 7.14. The molecule has 1 unspecified atom stereocenters. The number of hydrogen-bond acceptors (Lipinski definition) is 2. The summed E-state index contributed by atoms with van der Waals surface area (Å²) in [4.78, 5) is 14.5. The fourth-order valence-electron chi connectivity index (χ4n) is 2.32. The highest BCUT2D eigenvalue weighted by atomic mass is 16.1. The number of aryl methyl sites for hydroxylation is 3. The second-order valence-electron chi connectivity index (χ2n) is 5.88. The van der Waals surface area contributed by atoms with Gasteiger partial charge in [0.05, 0.1) is 6.54 Å². The Bertz CT molecular complexity index is 451. The van der Waals surface area contributed by atoms with Gasteiger partial charge in [-0.1, -0.05) is 26.3 Å². The van der Waals surface area contributed by atoms with Gasteiger partial charge in [-0.3, -0.25) is 9.69 Å². The lowest BCUT2D eigenvalue weighted by Gasteiger charge is -2.20. The molecule has 0 aromatic heterocycles. The van der Waals surface area contributed by atoms with E-state index in [4.69, 9.17) is 0 Å². The lowest BCUT2D eigenvalue weighted by molar-refractivity contribution is 0.0938. The van der Waals surface area contributed by atoms with Crippen LogP contribution in [0.15, 0.2) is 12.1 Å². The average Bonchev–Trinajstić information content (AvgIpc) is 2.33. The van der Waals surface area contributed by atoms with Crippen LogP contribution in [0, 0.1) is 26.7 Å². The first-order chi connectivity index (χ1) is 8.85. The SMILES string of the molecule is CCC(C)CN(C)CC(=O)c1cc(C)c(C)cc1C. The Morgan fingerprint density at radius 2 is 1.74 bits per heavy atom. The predicted molar refractivity (Wildman–Crippen MR) is 81.9 cm³/mol. The van der Waals surface area contributed by atoms with E-state index in [9.17, 15) is 4.79 Å². The van der Waals surface area contributed by atoms with Crippen LogP contribution in [0.25, 0.3) is 0 Å². The second kappa shape index (κ2) is 6.85. The van der Waals surface area contributed by atoms with Crippen LogP contribution in [0.1, 0.15) is 47.3 Å². The molecule has 0 aliphatic heterocycles. The zero-order chi connectivity index (χ0) is 14.6. The number of carbonyl (C=O) groups is 1. The van der Waals surface area contributed by atoms with Crippen molar-refractivity contribution in [3.05, 3.63) is 34.4 Å². The molecule has 0 N–H and O–H groups in total. The van der Waals surface area contributed by atoms with Crippen LogP contribution in [0.3, 0.4) is 0 Å². The Labute approximate surface area is 117 Å². The summed E-state index contributed by atoms with van der Waals surface area (Å²) in [6, 6.07) is 4.14.